The van der Waals surface area contributed by atoms with Crippen LogP contribution in [0.4, 0.5) is 4.79 Å². The van der Waals surface area contributed by atoms with E-state index in [0.717, 1.165) is 109 Å². The van der Waals surface area contributed by atoms with Gasteiger partial charge in [-0.2, -0.15) is 0 Å². The zero-order valence-electron chi connectivity index (χ0n) is 49.0. The number of hydrogen-bond acceptors (Lipinski definition) is 11. The first-order chi connectivity index (χ1) is 36.9. The molecule has 0 aliphatic carbocycles. The van der Waals surface area contributed by atoms with E-state index in [1.165, 1.54) is 128 Å². The molecule has 0 spiro atoms. The Kier molecular flexibility index (Phi) is 52.4. The first-order valence-electron chi connectivity index (χ1n) is 31.4. The van der Waals surface area contributed by atoms with Gasteiger partial charge in [-0.1, -0.05) is 212 Å². The minimum Gasteiger partial charge on any atom is -0.466 e. The molecule has 0 unspecified atom stereocenters. The van der Waals surface area contributed by atoms with Crippen LogP contribution in [0.2, 0.25) is 0 Å². The number of nitrogens with one attached hydrogen (secondary N) is 1. The molecule has 0 saturated heterocycles. The molecule has 0 radical (unpaired) electrons. The lowest BCUT2D eigenvalue weighted by Gasteiger charge is -2.22. The molecule has 0 aliphatic heterocycles. The Morgan fingerprint density at radius 2 is 0.733 bits per heavy atom. The van der Waals surface area contributed by atoms with Crippen LogP contribution in [0.15, 0.2) is 30.3 Å². The average Bonchev–Trinajstić information content (AvgIpc) is 3.42. The maximum absolute atomic E-state index is 12.7. The van der Waals surface area contributed by atoms with Gasteiger partial charge in [-0.15, -0.1) is 0 Å². The molecule has 1 aromatic carbocycles. The number of carbonyl (C=O) groups is 3. The molecule has 0 bridgehead atoms. The van der Waals surface area contributed by atoms with Crippen LogP contribution in [0.1, 0.15) is 271 Å². The summed E-state index contributed by atoms with van der Waals surface area (Å²) in [7, 11) is 0. The van der Waals surface area contributed by atoms with Crippen LogP contribution >= 0.6 is 0 Å². The monoisotopic (exact) mass is 1060 g/mol. The van der Waals surface area contributed by atoms with E-state index in [2.05, 4.69) is 37.9 Å². The number of esters is 2. The Hall–Kier alpha value is -2.77. The SMILES string of the molecule is CCCCCCCCOC(CCC(=O)OCCCCCCN(CCCCCCOC(=O)CCC(OCCCCCCCC)OCCCCCCCC)CCCNC(=O)OCc1ccccc1)OCCCCCCCC. The van der Waals surface area contributed by atoms with Crippen molar-refractivity contribution in [1.29, 1.82) is 0 Å². The van der Waals surface area contributed by atoms with E-state index in [4.69, 9.17) is 33.2 Å². The van der Waals surface area contributed by atoms with Crippen molar-refractivity contribution in [2.45, 2.75) is 284 Å². The number of nitrogens with zero attached hydrogens (tertiary/aromatic N) is 1. The highest BCUT2D eigenvalue weighted by Crippen LogP contribution is 2.15. The maximum atomic E-state index is 12.7. The third-order valence-electron chi connectivity index (χ3n) is 13.8. The van der Waals surface area contributed by atoms with Gasteiger partial charge in [0, 0.05) is 45.8 Å². The molecule has 1 N–H and O–H groups in total. The average molecular weight is 1060 g/mol. The Bertz CT molecular complexity index is 1270. The first-order valence-corrected chi connectivity index (χ1v) is 31.4. The summed E-state index contributed by atoms with van der Waals surface area (Å²) in [4.78, 5) is 40.3. The minimum absolute atomic E-state index is 0.176. The van der Waals surface area contributed by atoms with E-state index in [1.807, 2.05) is 30.3 Å². The highest BCUT2D eigenvalue weighted by Gasteiger charge is 2.16. The second-order valence-corrected chi connectivity index (χ2v) is 20.9. The van der Waals surface area contributed by atoms with Crippen LogP contribution in [0.3, 0.4) is 0 Å². The van der Waals surface area contributed by atoms with Crippen molar-refractivity contribution >= 4 is 18.0 Å². The second-order valence-electron chi connectivity index (χ2n) is 20.9. The summed E-state index contributed by atoms with van der Waals surface area (Å²) in [5.41, 5.74) is 0.962. The fourth-order valence-electron chi connectivity index (χ4n) is 8.99. The van der Waals surface area contributed by atoms with Gasteiger partial charge in [0.25, 0.3) is 0 Å². The van der Waals surface area contributed by atoms with E-state index in [9.17, 15) is 14.4 Å². The van der Waals surface area contributed by atoms with Crippen LogP contribution in [-0.2, 0) is 49.4 Å². The standard InChI is InChI=1S/C63H116N2O10/c1-5-9-13-17-23-36-53-71-61(72-54-37-24-18-14-10-6-2)45-43-59(66)69-51-34-27-21-32-48-65(50-40-47-64-63(68)75-57-58-41-30-29-31-42-58)49-33-22-28-35-52-70-60(67)44-46-62(73-55-38-25-19-15-11-7-3)74-56-39-26-20-16-12-8-4/h29-31,41-42,61-62H,5-28,32-40,43-57H2,1-4H3,(H,64,68). The van der Waals surface area contributed by atoms with Crippen molar-refractivity contribution in [2.75, 3.05) is 65.8 Å². The smallest absolute Gasteiger partial charge is 0.407 e. The molecule has 1 rings (SSSR count). The lowest BCUT2D eigenvalue weighted by Crippen LogP contribution is -2.31. The Labute approximate surface area is 460 Å². The molecule has 75 heavy (non-hydrogen) atoms. The molecule has 0 saturated carbocycles. The molecule has 0 fully saturated rings. The van der Waals surface area contributed by atoms with Crippen LogP contribution < -0.4 is 5.32 Å². The van der Waals surface area contributed by atoms with Crippen molar-refractivity contribution in [1.82, 2.24) is 10.2 Å². The van der Waals surface area contributed by atoms with Gasteiger partial charge >= 0.3 is 18.0 Å². The summed E-state index contributed by atoms with van der Waals surface area (Å²) in [5, 5.41) is 2.91. The van der Waals surface area contributed by atoms with E-state index in [-0.39, 0.29) is 31.1 Å². The van der Waals surface area contributed by atoms with Crippen LogP contribution in [0.25, 0.3) is 0 Å². The van der Waals surface area contributed by atoms with Crippen molar-refractivity contribution in [3.05, 3.63) is 35.9 Å². The van der Waals surface area contributed by atoms with Gasteiger partial charge in [0.15, 0.2) is 12.6 Å². The zero-order valence-corrected chi connectivity index (χ0v) is 49.0. The van der Waals surface area contributed by atoms with Gasteiger partial charge in [-0.25, -0.2) is 4.79 Å². The van der Waals surface area contributed by atoms with Crippen LogP contribution in [0.5, 0.6) is 0 Å². The van der Waals surface area contributed by atoms with Gasteiger partial charge < -0.3 is 43.4 Å². The quantitative estimate of drug-likeness (QED) is 0.0289. The lowest BCUT2D eigenvalue weighted by molar-refractivity contribution is -0.159. The zero-order chi connectivity index (χ0) is 54.2. The number of unbranched alkanes of at least 4 members (excludes halogenated alkanes) is 26. The summed E-state index contributed by atoms with van der Waals surface area (Å²) < 4.78 is 41.2. The van der Waals surface area contributed by atoms with Gasteiger partial charge in [-0.3, -0.25) is 9.59 Å². The second kappa shape index (κ2) is 56.0. The number of rotatable bonds is 58. The van der Waals surface area contributed by atoms with Crippen molar-refractivity contribution < 1.29 is 47.5 Å². The molecule has 1 amide bonds. The number of alkyl carbamates (subject to hydrolysis) is 1. The summed E-state index contributed by atoms with van der Waals surface area (Å²) in [5.74, 6) is -0.351. The topological polar surface area (TPSA) is 131 Å². The summed E-state index contributed by atoms with van der Waals surface area (Å²) in [6, 6.07) is 9.71. The first kappa shape index (κ1) is 70.2. The van der Waals surface area contributed by atoms with Gasteiger partial charge in [0.2, 0.25) is 0 Å². The van der Waals surface area contributed by atoms with E-state index in [1.54, 1.807) is 0 Å². The van der Waals surface area contributed by atoms with Crippen LogP contribution in [0, 0.1) is 0 Å². The Morgan fingerprint density at radius 1 is 0.400 bits per heavy atom. The number of hydrogen-bond donors (Lipinski definition) is 1. The largest absolute Gasteiger partial charge is 0.466 e. The highest BCUT2D eigenvalue weighted by atomic mass is 16.7. The van der Waals surface area contributed by atoms with Gasteiger partial charge in [-0.05, 0) is 83.0 Å². The molecule has 0 heterocycles. The third-order valence-corrected chi connectivity index (χ3v) is 13.8. The molecule has 12 nitrogen and oxygen atoms in total. The van der Waals surface area contributed by atoms with Gasteiger partial charge in [0.05, 0.1) is 26.1 Å². The van der Waals surface area contributed by atoms with Crippen molar-refractivity contribution in [3.8, 4) is 0 Å². The highest BCUT2D eigenvalue weighted by molar-refractivity contribution is 5.69. The summed E-state index contributed by atoms with van der Waals surface area (Å²) >= 11 is 0. The number of ether oxygens (including phenoxy) is 7. The molecule has 438 valence electrons. The van der Waals surface area contributed by atoms with E-state index >= 15 is 0 Å². The Morgan fingerprint density at radius 3 is 1.12 bits per heavy atom. The third kappa shape index (κ3) is 49.3. The molecule has 0 aromatic heterocycles. The number of benzene rings is 1. The fraction of sp³-hybridized carbons (Fsp3) is 0.857. The summed E-state index contributed by atoms with van der Waals surface area (Å²) in [6.07, 6.45) is 38.4. The lowest BCUT2D eigenvalue weighted by atomic mass is 10.1. The normalized spacial score (nSPS) is 11.6. The number of amides is 1. The fourth-order valence-corrected chi connectivity index (χ4v) is 8.99. The van der Waals surface area contributed by atoms with Crippen LogP contribution in [-0.4, -0.2) is 101 Å². The minimum atomic E-state index is -0.395. The van der Waals surface area contributed by atoms with Crippen molar-refractivity contribution in [3.63, 3.8) is 0 Å². The molecule has 12 heteroatoms. The molecule has 0 atom stereocenters. The molecule has 0 aliphatic rings. The molecule has 1 aromatic rings. The van der Waals surface area contributed by atoms with Crippen molar-refractivity contribution in [2.24, 2.45) is 0 Å². The predicted octanol–water partition coefficient (Wildman–Crippen LogP) is 16.5. The summed E-state index contributed by atoms with van der Waals surface area (Å²) in [6.45, 7) is 16.2. The van der Waals surface area contributed by atoms with E-state index < -0.39 is 6.09 Å². The number of carbonyl (C=O) groups excluding carboxylic acids is 3. The Balaban J connectivity index is 2.47. The van der Waals surface area contributed by atoms with Gasteiger partial charge in [0.1, 0.15) is 6.61 Å². The molecular formula is C63H116N2O10. The predicted molar refractivity (Wildman–Crippen MR) is 308 cm³/mol. The maximum Gasteiger partial charge on any atom is 0.407 e. The van der Waals surface area contributed by atoms with E-state index in [0.29, 0.717) is 71.9 Å². The molecular weight excluding hydrogens is 945 g/mol.